The predicted molar refractivity (Wildman–Crippen MR) is 78.9 cm³/mol. The molecule has 1 N–H and O–H groups in total. The number of hydrazone groups is 1. The molecule has 0 saturated carbocycles. The van der Waals surface area contributed by atoms with Gasteiger partial charge in [-0.3, -0.25) is 0 Å². The van der Waals surface area contributed by atoms with Gasteiger partial charge in [0, 0.05) is 25.0 Å². The van der Waals surface area contributed by atoms with Crippen LogP contribution in [0.2, 0.25) is 0 Å². The molecule has 104 valence electrons. The second-order valence-electron chi connectivity index (χ2n) is 4.23. The molecule has 1 aromatic rings. The number of carbonyl (C=O) groups is 1. The quantitative estimate of drug-likeness (QED) is 0.374. The molecule has 0 aliphatic rings. The molecular weight excluding hydrogens is 252 g/mol. The Morgan fingerprint density at radius 2 is 2.20 bits per heavy atom. The molecule has 0 radical (unpaired) electrons. The fourth-order valence-corrected chi connectivity index (χ4v) is 1.59. The maximum Gasteiger partial charge on any atom is 0.342 e. The molecule has 0 atom stereocenters. The highest BCUT2D eigenvalue weighted by Gasteiger charge is 2.08. The highest BCUT2D eigenvalue weighted by molar-refractivity contribution is 5.75. The van der Waals surface area contributed by atoms with Crippen molar-refractivity contribution in [2.75, 3.05) is 6.54 Å². The second kappa shape index (κ2) is 8.48. The van der Waals surface area contributed by atoms with Gasteiger partial charge in [-0.15, -0.1) is 0 Å². The maximum absolute atomic E-state index is 11.8. The summed E-state index contributed by atoms with van der Waals surface area (Å²) in [5.41, 5.74) is 1.62. The van der Waals surface area contributed by atoms with Crippen LogP contribution in [0.3, 0.4) is 0 Å². The average molecular weight is 270 g/mol. The molecule has 1 aromatic carbocycles. The van der Waals surface area contributed by atoms with E-state index in [1.54, 1.807) is 6.92 Å². The van der Waals surface area contributed by atoms with Crippen LogP contribution in [-0.2, 0) is 6.42 Å². The van der Waals surface area contributed by atoms with Gasteiger partial charge in [0.05, 0.1) is 6.07 Å². The Bertz CT molecular complexity index is 516. The van der Waals surface area contributed by atoms with E-state index in [1.165, 1.54) is 11.8 Å². The Labute approximate surface area is 119 Å². The number of carbonyl (C=O) groups excluding carboxylic acids is 1. The van der Waals surface area contributed by atoms with Gasteiger partial charge >= 0.3 is 6.03 Å². The molecule has 0 saturated heterocycles. The number of benzene rings is 1. The van der Waals surface area contributed by atoms with Crippen LogP contribution in [0.5, 0.6) is 0 Å². The van der Waals surface area contributed by atoms with Gasteiger partial charge < -0.3 is 5.32 Å². The van der Waals surface area contributed by atoms with Crippen molar-refractivity contribution in [3.8, 4) is 6.07 Å². The van der Waals surface area contributed by atoms with Crippen molar-refractivity contribution < 1.29 is 4.79 Å². The summed E-state index contributed by atoms with van der Waals surface area (Å²) in [6.45, 7) is 5.45. The van der Waals surface area contributed by atoms with Crippen molar-refractivity contribution in [2.24, 2.45) is 5.10 Å². The van der Waals surface area contributed by atoms with Crippen molar-refractivity contribution in [1.29, 1.82) is 5.26 Å². The van der Waals surface area contributed by atoms with Crippen molar-refractivity contribution in [2.45, 2.75) is 19.8 Å². The summed E-state index contributed by atoms with van der Waals surface area (Å²) in [5, 5.41) is 16.0. The van der Waals surface area contributed by atoms with Crippen molar-refractivity contribution in [3.63, 3.8) is 0 Å². The normalized spacial score (nSPS) is 10.5. The van der Waals surface area contributed by atoms with Gasteiger partial charge in [-0.25, -0.2) is 4.79 Å². The lowest BCUT2D eigenvalue weighted by molar-refractivity contribution is 0.217. The molecule has 1 rings (SSSR count). The number of hydrogen-bond acceptors (Lipinski definition) is 3. The SMILES string of the molecule is C=NN(/C=C(\C)C#N)C(=O)NCCCc1ccccc1. The van der Waals surface area contributed by atoms with Gasteiger partial charge in [-0.1, -0.05) is 30.3 Å². The van der Waals surface area contributed by atoms with Crippen LogP contribution in [0.15, 0.2) is 47.2 Å². The summed E-state index contributed by atoms with van der Waals surface area (Å²) in [4.78, 5) is 11.8. The lowest BCUT2D eigenvalue weighted by Crippen LogP contribution is -2.34. The Balaban J connectivity index is 2.36. The van der Waals surface area contributed by atoms with E-state index in [9.17, 15) is 4.79 Å². The number of amides is 2. The minimum Gasteiger partial charge on any atom is -0.336 e. The van der Waals surface area contributed by atoms with E-state index in [0.717, 1.165) is 17.9 Å². The van der Waals surface area contributed by atoms with Gasteiger partial charge in [-0.05, 0) is 25.3 Å². The van der Waals surface area contributed by atoms with Crippen LogP contribution in [-0.4, -0.2) is 24.3 Å². The number of allylic oxidation sites excluding steroid dienone is 1. The summed E-state index contributed by atoms with van der Waals surface area (Å²) < 4.78 is 0. The summed E-state index contributed by atoms with van der Waals surface area (Å²) in [6.07, 6.45) is 3.08. The molecule has 0 spiro atoms. The zero-order valence-corrected chi connectivity index (χ0v) is 11.5. The molecule has 5 nitrogen and oxygen atoms in total. The lowest BCUT2D eigenvalue weighted by atomic mass is 10.1. The first-order valence-corrected chi connectivity index (χ1v) is 6.33. The van der Waals surface area contributed by atoms with E-state index >= 15 is 0 Å². The second-order valence-corrected chi connectivity index (χ2v) is 4.23. The van der Waals surface area contributed by atoms with Gasteiger partial charge in [0.15, 0.2) is 0 Å². The monoisotopic (exact) mass is 270 g/mol. The smallest absolute Gasteiger partial charge is 0.336 e. The van der Waals surface area contributed by atoms with E-state index < -0.39 is 0 Å². The fraction of sp³-hybridized carbons (Fsp3) is 0.267. The third-order valence-corrected chi connectivity index (χ3v) is 2.61. The Morgan fingerprint density at radius 3 is 2.80 bits per heavy atom. The first-order chi connectivity index (χ1) is 9.67. The van der Waals surface area contributed by atoms with Crippen LogP contribution in [0.4, 0.5) is 4.79 Å². The van der Waals surface area contributed by atoms with E-state index in [1.807, 2.05) is 24.3 Å². The number of nitrogens with zero attached hydrogens (tertiary/aromatic N) is 3. The Morgan fingerprint density at radius 1 is 1.50 bits per heavy atom. The number of urea groups is 1. The summed E-state index contributed by atoms with van der Waals surface area (Å²) >= 11 is 0. The van der Waals surface area contributed by atoms with Gasteiger partial charge in [0.1, 0.15) is 0 Å². The number of nitriles is 1. The number of hydrogen-bond donors (Lipinski definition) is 1. The molecule has 20 heavy (non-hydrogen) atoms. The fourth-order valence-electron chi connectivity index (χ4n) is 1.59. The van der Waals surface area contributed by atoms with Crippen LogP contribution in [0, 0.1) is 11.3 Å². The highest BCUT2D eigenvalue weighted by Crippen LogP contribution is 2.02. The van der Waals surface area contributed by atoms with E-state index in [2.05, 4.69) is 29.3 Å². The Kier molecular flexibility index (Phi) is 6.55. The maximum atomic E-state index is 11.8. The predicted octanol–water partition coefficient (Wildman–Crippen LogP) is 2.67. The Hall–Kier alpha value is -2.61. The standard InChI is InChI=1S/C15H18N4O/c1-13(11-16)12-19(17-2)15(20)18-10-6-9-14-7-4-3-5-8-14/h3-5,7-8,12H,2,6,9-10H2,1H3,(H,18,20)/b13-12+. The summed E-state index contributed by atoms with van der Waals surface area (Å²) in [7, 11) is 0. The van der Waals surface area contributed by atoms with Crippen LogP contribution in [0.1, 0.15) is 18.9 Å². The molecule has 0 heterocycles. The van der Waals surface area contributed by atoms with Crippen LogP contribution >= 0.6 is 0 Å². The molecule has 0 bridgehead atoms. The van der Waals surface area contributed by atoms with Crippen LogP contribution < -0.4 is 5.32 Å². The number of aryl methyl sites for hydroxylation is 1. The average Bonchev–Trinajstić information content (AvgIpc) is 2.49. The molecule has 0 aromatic heterocycles. The van der Waals surface area contributed by atoms with Crippen molar-refractivity contribution >= 4 is 12.7 Å². The first kappa shape index (κ1) is 15.4. The summed E-state index contributed by atoms with van der Waals surface area (Å²) in [6, 6.07) is 11.6. The topological polar surface area (TPSA) is 68.5 Å². The molecule has 5 heteroatoms. The highest BCUT2D eigenvalue weighted by atomic mass is 16.2. The van der Waals surface area contributed by atoms with Crippen molar-refractivity contribution in [3.05, 3.63) is 47.7 Å². The third-order valence-electron chi connectivity index (χ3n) is 2.61. The van der Waals surface area contributed by atoms with E-state index in [0.29, 0.717) is 12.1 Å². The lowest BCUT2D eigenvalue weighted by Gasteiger charge is -2.13. The molecule has 0 aliphatic heterocycles. The van der Waals surface area contributed by atoms with E-state index in [4.69, 9.17) is 5.26 Å². The number of nitrogens with one attached hydrogen (secondary N) is 1. The van der Waals surface area contributed by atoms with Gasteiger partial charge in [0.25, 0.3) is 0 Å². The van der Waals surface area contributed by atoms with E-state index in [-0.39, 0.29) is 6.03 Å². The summed E-state index contributed by atoms with van der Waals surface area (Å²) in [5.74, 6) is 0. The van der Waals surface area contributed by atoms with Gasteiger partial charge in [-0.2, -0.15) is 15.4 Å². The molecule has 2 amide bonds. The van der Waals surface area contributed by atoms with Gasteiger partial charge in [0.2, 0.25) is 0 Å². The third kappa shape index (κ3) is 5.36. The molecular formula is C15H18N4O. The minimum absolute atomic E-state index is 0.386. The number of rotatable bonds is 6. The zero-order valence-electron chi connectivity index (χ0n) is 11.5. The molecule has 0 unspecified atom stereocenters. The zero-order chi connectivity index (χ0) is 14.8. The van der Waals surface area contributed by atoms with Crippen molar-refractivity contribution in [1.82, 2.24) is 10.3 Å². The molecule has 0 fully saturated rings. The largest absolute Gasteiger partial charge is 0.342 e. The van der Waals surface area contributed by atoms with Crippen LogP contribution in [0.25, 0.3) is 0 Å². The molecule has 0 aliphatic carbocycles. The first-order valence-electron chi connectivity index (χ1n) is 6.33. The minimum atomic E-state index is -0.386.